The number of rotatable bonds is 4. The van der Waals surface area contributed by atoms with Crippen LogP contribution >= 0.6 is 11.3 Å². The molecule has 4 aromatic rings. The SMILES string of the molecule is Cc1c(C(=O)Nc2cnc3ccccc3c2)sc2ncn(CC(=O)N3CCCCC3)c(=O)c12. The smallest absolute Gasteiger partial charge is 0.266 e. The van der Waals surface area contributed by atoms with Crippen LogP contribution in [0.3, 0.4) is 0 Å². The van der Waals surface area contributed by atoms with Gasteiger partial charge in [0.15, 0.2) is 0 Å². The first-order valence-corrected chi connectivity index (χ1v) is 11.8. The number of piperidine rings is 1. The van der Waals surface area contributed by atoms with E-state index in [0.29, 0.717) is 26.3 Å². The topological polar surface area (TPSA) is 97.2 Å². The highest BCUT2D eigenvalue weighted by molar-refractivity contribution is 7.20. The minimum absolute atomic E-state index is 0.0403. The Labute approximate surface area is 193 Å². The minimum atomic E-state index is -0.317. The third kappa shape index (κ3) is 4.11. The Bertz CT molecular complexity index is 1440. The Morgan fingerprint density at radius 2 is 1.91 bits per heavy atom. The summed E-state index contributed by atoms with van der Waals surface area (Å²) in [7, 11) is 0. The zero-order chi connectivity index (χ0) is 22.9. The van der Waals surface area contributed by atoms with Crippen LogP contribution in [0.5, 0.6) is 0 Å². The maximum absolute atomic E-state index is 13.1. The van der Waals surface area contributed by atoms with Gasteiger partial charge in [-0.2, -0.15) is 0 Å². The summed E-state index contributed by atoms with van der Waals surface area (Å²) in [6.07, 6.45) is 6.13. The molecule has 1 fully saturated rings. The Balaban J connectivity index is 1.41. The largest absolute Gasteiger partial charge is 0.341 e. The van der Waals surface area contributed by atoms with Crippen LogP contribution in [0.1, 0.15) is 34.5 Å². The third-order valence-electron chi connectivity index (χ3n) is 5.99. The summed E-state index contributed by atoms with van der Waals surface area (Å²) in [5.74, 6) is -0.393. The number of nitrogens with one attached hydrogen (secondary N) is 1. The molecule has 0 radical (unpaired) electrons. The first-order chi connectivity index (χ1) is 16.0. The van der Waals surface area contributed by atoms with Crippen molar-refractivity contribution in [3.63, 3.8) is 0 Å². The number of likely N-dealkylation sites (tertiary alicyclic amines) is 1. The molecular weight excluding hydrogens is 438 g/mol. The summed E-state index contributed by atoms with van der Waals surface area (Å²) in [5.41, 5.74) is 1.69. The molecule has 0 aliphatic carbocycles. The lowest BCUT2D eigenvalue weighted by molar-refractivity contribution is -0.132. The number of carbonyl (C=O) groups is 2. The first-order valence-electron chi connectivity index (χ1n) is 10.9. The van der Waals surface area contributed by atoms with Crippen LogP contribution in [0.25, 0.3) is 21.1 Å². The van der Waals surface area contributed by atoms with Crippen LogP contribution in [-0.2, 0) is 11.3 Å². The van der Waals surface area contributed by atoms with Gasteiger partial charge in [-0.05, 0) is 43.9 Å². The second-order valence-electron chi connectivity index (χ2n) is 8.23. The zero-order valence-electron chi connectivity index (χ0n) is 18.2. The Morgan fingerprint density at radius 3 is 2.73 bits per heavy atom. The number of anilines is 1. The summed E-state index contributed by atoms with van der Waals surface area (Å²) in [6, 6.07) is 9.52. The highest BCUT2D eigenvalue weighted by Crippen LogP contribution is 2.28. The number of carbonyl (C=O) groups excluding carboxylic acids is 2. The number of para-hydroxylation sites is 1. The number of fused-ring (bicyclic) bond motifs is 2. The van der Waals surface area contributed by atoms with Gasteiger partial charge in [-0.15, -0.1) is 11.3 Å². The van der Waals surface area contributed by atoms with Gasteiger partial charge in [-0.3, -0.25) is 23.9 Å². The van der Waals surface area contributed by atoms with Gasteiger partial charge in [0, 0.05) is 18.5 Å². The summed E-state index contributed by atoms with van der Waals surface area (Å²) in [4.78, 5) is 50.2. The maximum Gasteiger partial charge on any atom is 0.266 e. The molecule has 9 heteroatoms. The lowest BCUT2D eigenvalue weighted by Crippen LogP contribution is -2.39. The summed E-state index contributed by atoms with van der Waals surface area (Å²) in [6.45, 7) is 3.16. The fraction of sp³-hybridized carbons (Fsp3) is 0.292. The van der Waals surface area contributed by atoms with E-state index >= 15 is 0 Å². The van der Waals surface area contributed by atoms with Crippen molar-refractivity contribution in [2.24, 2.45) is 0 Å². The molecule has 1 saturated heterocycles. The molecular formula is C24H23N5O3S. The number of pyridine rings is 1. The molecule has 5 rings (SSSR count). The Hall–Kier alpha value is -3.59. The second kappa shape index (κ2) is 8.74. The van der Waals surface area contributed by atoms with E-state index in [2.05, 4.69) is 15.3 Å². The monoisotopic (exact) mass is 461 g/mol. The van der Waals surface area contributed by atoms with E-state index in [0.717, 1.165) is 43.3 Å². The molecule has 0 atom stereocenters. The number of hydrogen-bond acceptors (Lipinski definition) is 6. The third-order valence-corrected chi connectivity index (χ3v) is 7.18. The molecule has 2 amide bonds. The lowest BCUT2D eigenvalue weighted by atomic mass is 10.1. The second-order valence-corrected chi connectivity index (χ2v) is 9.23. The fourth-order valence-electron chi connectivity index (χ4n) is 4.20. The van der Waals surface area contributed by atoms with Crippen LogP contribution in [0.4, 0.5) is 5.69 Å². The molecule has 1 aromatic carbocycles. The Kier molecular flexibility index (Phi) is 5.63. The molecule has 1 N–H and O–H groups in total. The van der Waals surface area contributed by atoms with E-state index in [-0.39, 0.29) is 23.9 Å². The molecule has 33 heavy (non-hydrogen) atoms. The van der Waals surface area contributed by atoms with Gasteiger partial charge in [0.25, 0.3) is 11.5 Å². The van der Waals surface area contributed by atoms with E-state index in [4.69, 9.17) is 0 Å². The van der Waals surface area contributed by atoms with Crippen LogP contribution < -0.4 is 10.9 Å². The van der Waals surface area contributed by atoms with Gasteiger partial charge in [0.2, 0.25) is 5.91 Å². The van der Waals surface area contributed by atoms with Gasteiger partial charge >= 0.3 is 0 Å². The van der Waals surface area contributed by atoms with Crippen molar-refractivity contribution in [3.05, 3.63) is 63.7 Å². The average molecular weight is 462 g/mol. The molecule has 1 aliphatic rings. The van der Waals surface area contributed by atoms with E-state index in [1.165, 1.54) is 22.2 Å². The number of hydrogen-bond donors (Lipinski definition) is 1. The number of benzene rings is 1. The molecule has 0 saturated carbocycles. The molecule has 0 unspecified atom stereocenters. The van der Waals surface area contributed by atoms with Gasteiger partial charge in [0.05, 0.1) is 34.0 Å². The van der Waals surface area contributed by atoms with Crippen molar-refractivity contribution in [3.8, 4) is 0 Å². The highest BCUT2D eigenvalue weighted by Gasteiger charge is 2.22. The zero-order valence-corrected chi connectivity index (χ0v) is 19.0. The number of aromatic nitrogens is 3. The lowest BCUT2D eigenvalue weighted by Gasteiger charge is -2.26. The van der Waals surface area contributed by atoms with Crippen LogP contribution in [0.2, 0.25) is 0 Å². The molecule has 8 nitrogen and oxygen atoms in total. The Morgan fingerprint density at radius 1 is 1.12 bits per heavy atom. The molecule has 1 aliphatic heterocycles. The van der Waals surface area contributed by atoms with Crippen LogP contribution in [0.15, 0.2) is 47.7 Å². The van der Waals surface area contributed by atoms with Crippen molar-refractivity contribution >= 4 is 50.0 Å². The summed E-state index contributed by atoms with van der Waals surface area (Å²) in [5, 5.41) is 4.18. The van der Waals surface area contributed by atoms with Gasteiger partial charge in [-0.25, -0.2) is 4.98 Å². The van der Waals surface area contributed by atoms with Crippen molar-refractivity contribution < 1.29 is 9.59 Å². The quantitative estimate of drug-likeness (QED) is 0.501. The fourth-order valence-corrected chi connectivity index (χ4v) is 5.24. The number of thiophene rings is 1. The van der Waals surface area contributed by atoms with Crippen molar-refractivity contribution in [2.75, 3.05) is 18.4 Å². The summed E-state index contributed by atoms with van der Waals surface area (Å²) < 4.78 is 1.34. The standard InChI is InChI=1S/C24H23N5O3S/c1-15-20-23(26-14-29(24(20)32)13-19(30)28-9-5-2-6-10-28)33-21(15)22(31)27-17-11-16-7-3-4-8-18(16)25-12-17/h3-4,7-8,11-12,14H,2,5-6,9-10,13H2,1H3,(H,27,31). The molecule has 0 bridgehead atoms. The molecule has 4 heterocycles. The number of nitrogens with zero attached hydrogens (tertiary/aromatic N) is 4. The average Bonchev–Trinajstić information content (AvgIpc) is 3.18. The van der Waals surface area contributed by atoms with Crippen molar-refractivity contribution in [2.45, 2.75) is 32.7 Å². The number of amides is 2. The van der Waals surface area contributed by atoms with Gasteiger partial charge in [-0.1, -0.05) is 18.2 Å². The van der Waals surface area contributed by atoms with E-state index in [9.17, 15) is 14.4 Å². The highest BCUT2D eigenvalue weighted by atomic mass is 32.1. The van der Waals surface area contributed by atoms with Gasteiger partial charge in [0.1, 0.15) is 11.4 Å². The van der Waals surface area contributed by atoms with E-state index in [1.807, 2.05) is 30.3 Å². The van der Waals surface area contributed by atoms with Crippen molar-refractivity contribution in [1.82, 2.24) is 19.4 Å². The van der Waals surface area contributed by atoms with Crippen molar-refractivity contribution in [1.29, 1.82) is 0 Å². The molecule has 168 valence electrons. The normalized spacial score (nSPS) is 14.0. The molecule has 3 aromatic heterocycles. The van der Waals surface area contributed by atoms with Crippen LogP contribution in [-0.4, -0.2) is 44.3 Å². The van der Waals surface area contributed by atoms with Crippen LogP contribution in [0, 0.1) is 6.92 Å². The molecule has 0 spiro atoms. The predicted octanol–water partition coefficient (Wildman–Crippen LogP) is 3.58. The van der Waals surface area contributed by atoms with Gasteiger partial charge < -0.3 is 10.2 Å². The van der Waals surface area contributed by atoms with E-state index in [1.54, 1.807) is 18.0 Å². The summed E-state index contributed by atoms with van der Waals surface area (Å²) >= 11 is 1.17. The predicted molar refractivity (Wildman–Crippen MR) is 129 cm³/mol. The minimum Gasteiger partial charge on any atom is -0.341 e. The maximum atomic E-state index is 13.1. The number of aryl methyl sites for hydroxylation is 1. The van der Waals surface area contributed by atoms with E-state index < -0.39 is 0 Å². The first kappa shape index (κ1) is 21.3.